The number of rotatable bonds is 7. The minimum absolute atomic E-state index is 0.331. The third-order valence-corrected chi connectivity index (χ3v) is 2.32. The van der Waals surface area contributed by atoms with Crippen LogP contribution in [0.2, 0.25) is 0 Å². The average Bonchev–Trinajstić information content (AvgIpc) is 2.53. The summed E-state index contributed by atoms with van der Waals surface area (Å²) < 4.78 is 0. The second-order valence-corrected chi connectivity index (χ2v) is 3.84. The molecule has 0 fully saturated rings. The zero-order valence-corrected chi connectivity index (χ0v) is 9.50. The lowest BCUT2D eigenvalue weighted by Crippen LogP contribution is -2.42. The first-order chi connectivity index (χ1) is 7.61. The van der Waals surface area contributed by atoms with Crippen LogP contribution >= 0.6 is 11.6 Å². The third-order valence-electron chi connectivity index (χ3n) is 2.13. The molecule has 1 aliphatic rings. The molecule has 5 nitrogen and oxygen atoms in total. The Bertz CT molecular complexity index is 310. The summed E-state index contributed by atoms with van der Waals surface area (Å²) in [6.07, 6.45) is 5.15. The van der Waals surface area contributed by atoms with Crippen LogP contribution < -0.4 is 5.43 Å². The van der Waals surface area contributed by atoms with Crippen LogP contribution in [-0.2, 0) is 14.4 Å². The number of nitrogens with zero attached hydrogens (tertiary/aromatic N) is 1. The van der Waals surface area contributed by atoms with Gasteiger partial charge in [0.1, 0.15) is 0 Å². The Morgan fingerprint density at radius 2 is 1.81 bits per heavy atom. The van der Waals surface area contributed by atoms with Crippen molar-refractivity contribution in [2.24, 2.45) is 0 Å². The Morgan fingerprint density at radius 1 is 1.19 bits per heavy atom. The molecule has 0 radical (unpaired) electrons. The van der Waals surface area contributed by atoms with Crippen LogP contribution in [0.1, 0.15) is 25.7 Å². The Hall–Kier alpha value is -1.20. The molecule has 0 spiro atoms. The van der Waals surface area contributed by atoms with Gasteiger partial charge in [0.2, 0.25) is 5.24 Å². The van der Waals surface area contributed by atoms with Crippen LogP contribution in [0.4, 0.5) is 0 Å². The number of amides is 2. The highest BCUT2D eigenvalue weighted by Gasteiger charge is 2.22. The number of hydrogen-bond acceptors (Lipinski definition) is 4. The molecule has 0 saturated heterocycles. The molecular weight excluding hydrogens is 232 g/mol. The second kappa shape index (κ2) is 6.40. The second-order valence-electron chi connectivity index (χ2n) is 3.42. The number of carbonyl (C=O) groups is 3. The fraction of sp³-hybridized carbons (Fsp3) is 0.500. The Labute approximate surface area is 98.4 Å². The molecule has 1 aliphatic heterocycles. The topological polar surface area (TPSA) is 66.5 Å². The lowest BCUT2D eigenvalue weighted by Gasteiger charge is -2.14. The van der Waals surface area contributed by atoms with Gasteiger partial charge in [-0.05, 0) is 24.4 Å². The maximum atomic E-state index is 11.1. The van der Waals surface area contributed by atoms with E-state index in [2.05, 4.69) is 5.43 Å². The van der Waals surface area contributed by atoms with Crippen molar-refractivity contribution in [3.05, 3.63) is 12.2 Å². The van der Waals surface area contributed by atoms with Crippen LogP contribution in [0.5, 0.6) is 0 Å². The van der Waals surface area contributed by atoms with Gasteiger partial charge in [0, 0.05) is 25.1 Å². The predicted molar refractivity (Wildman–Crippen MR) is 58.3 cm³/mol. The highest BCUT2D eigenvalue weighted by molar-refractivity contribution is 6.63. The van der Waals surface area contributed by atoms with Gasteiger partial charge >= 0.3 is 0 Å². The first-order valence-corrected chi connectivity index (χ1v) is 5.47. The van der Waals surface area contributed by atoms with E-state index in [1.54, 1.807) is 0 Å². The minimum atomic E-state index is -0.346. The number of nitrogens with one attached hydrogen (secondary N) is 1. The fourth-order valence-corrected chi connectivity index (χ4v) is 1.45. The van der Waals surface area contributed by atoms with Crippen LogP contribution in [0.25, 0.3) is 0 Å². The number of hydrazine groups is 1. The van der Waals surface area contributed by atoms with Crippen molar-refractivity contribution in [1.82, 2.24) is 10.4 Å². The smallest absolute Gasteiger partial charge is 0.268 e. The van der Waals surface area contributed by atoms with E-state index >= 15 is 0 Å². The first kappa shape index (κ1) is 12.9. The largest absolute Gasteiger partial charge is 0.281 e. The molecule has 88 valence electrons. The SMILES string of the molecule is O=C(Cl)CCCCCNN1C(=O)C=CC1=O. The molecule has 0 aromatic carbocycles. The molecule has 1 N–H and O–H groups in total. The number of hydrogen-bond donors (Lipinski definition) is 1. The van der Waals surface area contributed by atoms with Gasteiger partial charge in [-0.15, -0.1) is 0 Å². The van der Waals surface area contributed by atoms with Crippen LogP contribution in [0.15, 0.2) is 12.2 Å². The molecule has 16 heavy (non-hydrogen) atoms. The van der Waals surface area contributed by atoms with Gasteiger partial charge in [-0.1, -0.05) is 6.42 Å². The maximum Gasteiger partial charge on any atom is 0.268 e. The van der Waals surface area contributed by atoms with Crippen molar-refractivity contribution in [3.8, 4) is 0 Å². The highest BCUT2D eigenvalue weighted by Crippen LogP contribution is 2.03. The summed E-state index contributed by atoms with van der Waals surface area (Å²) in [6, 6.07) is 0. The van der Waals surface area contributed by atoms with Crippen molar-refractivity contribution in [2.75, 3.05) is 6.54 Å². The van der Waals surface area contributed by atoms with Crippen LogP contribution in [0.3, 0.4) is 0 Å². The van der Waals surface area contributed by atoms with Crippen molar-refractivity contribution < 1.29 is 14.4 Å². The van der Waals surface area contributed by atoms with E-state index in [9.17, 15) is 14.4 Å². The molecule has 0 atom stereocenters. The highest BCUT2D eigenvalue weighted by atomic mass is 35.5. The van der Waals surface area contributed by atoms with E-state index in [1.807, 2.05) is 0 Å². The van der Waals surface area contributed by atoms with E-state index in [1.165, 1.54) is 12.2 Å². The summed E-state index contributed by atoms with van der Waals surface area (Å²) in [7, 11) is 0. The fourth-order valence-electron chi connectivity index (χ4n) is 1.31. The molecule has 0 aliphatic carbocycles. The summed E-state index contributed by atoms with van der Waals surface area (Å²) in [5, 5.41) is 0.647. The lowest BCUT2D eigenvalue weighted by molar-refractivity contribution is -0.140. The zero-order chi connectivity index (χ0) is 12.0. The van der Waals surface area contributed by atoms with Gasteiger partial charge in [-0.3, -0.25) is 14.4 Å². The molecule has 0 bridgehead atoms. The summed E-state index contributed by atoms with van der Waals surface area (Å²) >= 11 is 5.17. The summed E-state index contributed by atoms with van der Waals surface area (Å²) in [4.78, 5) is 32.6. The van der Waals surface area contributed by atoms with Crippen molar-refractivity contribution >= 4 is 28.7 Å². The van der Waals surface area contributed by atoms with E-state index in [4.69, 9.17) is 11.6 Å². The van der Waals surface area contributed by atoms with Gasteiger partial charge in [0.25, 0.3) is 11.8 Å². The summed E-state index contributed by atoms with van der Waals surface area (Å²) in [5.41, 5.74) is 2.72. The summed E-state index contributed by atoms with van der Waals surface area (Å²) in [5.74, 6) is -0.693. The average molecular weight is 245 g/mol. The minimum Gasteiger partial charge on any atom is -0.281 e. The van der Waals surface area contributed by atoms with Crippen molar-refractivity contribution in [1.29, 1.82) is 0 Å². The third kappa shape index (κ3) is 4.12. The van der Waals surface area contributed by atoms with E-state index in [-0.39, 0.29) is 17.1 Å². The van der Waals surface area contributed by atoms with E-state index < -0.39 is 0 Å². The maximum absolute atomic E-state index is 11.1. The Kier molecular flexibility index (Phi) is 5.14. The molecule has 0 unspecified atom stereocenters. The molecule has 0 aromatic heterocycles. The standard InChI is InChI=1S/C10H13ClN2O3/c11-8(14)4-2-1-3-7-12-13-9(15)5-6-10(13)16/h5-6,12H,1-4,7H2. The van der Waals surface area contributed by atoms with Gasteiger partial charge in [0.05, 0.1) is 0 Å². The van der Waals surface area contributed by atoms with Crippen LogP contribution in [-0.4, -0.2) is 28.6 Å². The van der Waals surface area contributed by atoms with Gasteiger partial charge in [-0.25, -0.2) is 10.4 Å². The molecule has 0 aromatic rings. The number of halogens is 1. The molecule has 2 amide bonds. The molecular formula is C10H13ClN2O3. The normalized spacial score (nSPS) is 14.9. The van der Waals surface area contributed by atoms with Gasteiger partial charge in [0.15, 0.2) is 0 Å². The molecule has 1 heterocycles. The quantitative estimate of drug-likeness (QED) is 0.408. The number of imide groups is 1. The van der Waals surface area contributed by atoms with E-state index in [0.29, 0.717) is 13.0 Å². The molecule has 1 rings (SSSR count). The summed E-state index contributed by atoms with van der Waals surface area (Å²) in [6.45, 7) is 0.523. The molecule has 0 saturated carbocycles. The Balaban J connectivity index is 2.05. The monoisotopic (exact) mass is 244 g/mol. The van der Waals surface area contributed by atoms with E-state index in [0.717, 1.165) is 24.3 Å². The first-order valence-electron chi connectivity index (χ1n) is 5.09. The van der Waals surface area contributed by atoms with Crippen molar-refractivity contribution in [2.45, 2.75) is 25.7 Å². The Morgan fingerprint density at radius 3 is 2.38 bits per heavy atom. The number of unbranched alkanes of at least 4 members (excludes halogenated alkanes) is 2. The van der Waals surface area contributed by atoms with Crippen LogP contribution in [0, 0.1) is 0 Å². The number of carbonyl (C=O) groups excluding carboxylic acids is 3. The van der Waals surface area contributed by atoms with Crippen molar-refractivity contribution in [3.63, 3.8) is 0 Å². The lowest BCUT2D eigenvalue weighted by atomic mass is 10.2. The zero-order valence-electron chi connectivity index (χ0n) is 8.74. The van der Waals surface area contributed by atoms with Gasteiger partial charge in [-0.2, -0.15) is 0 Å². The molecule has 6 heteroatoms. The predicted octanol–water partition coefficient (Wildman–Crippen LogP) is 0.742. The van der Waals surface area contributed by atoms with Gasteiger partial charge < -0.3 is 0 Å².